The summed E-state index contributed by atoms with van der Waals surface area (Å²) in [4.78, 5) is 0. The van der Waals surface area contributed by atoms with E-state index in [0.29, 0.717) is 0 Å². The number of rotatable bonds is 4. The summed E-state index contributed by atoms with van der Waals surface area (Å²) in [5.41, 5.74) is 6.80. The van der Waals surface area contributed by atoms with Crippen LogP contribution >= 0.6 is 0 Å². The molecule has 0 fully saturated rings. The highest BCUT2D eigenvalue weighted by Gasteiger charge is 2.14. The van der Waals surface area contributed by atoms with Crippen LogP contribution < -0.4 is 10.5 Å². The van der Waals surface area contributed by atoms with Crippen molar-refractivity contribution in [3.63, 3.8) is 0 Å². The van der Waals surface area contributed by atoms with Crippen molar-refractivity contribution in [2.24, 2.45) is 5.73 Å². The number of ether oxygens (including phenoxy) is 1. The van der Waals surface area contributed by atoms with Crippen molar-refractivity contribution < 1.29 is 4.74 Å². The number of nitrogens with two attached hydrogens (primary N) is 1. The van der Waals surface area contributed by atoms with E-state index < -0.39 is 0 Å². The molecule has 4 heteroatoms. The molecule has 0 aliphatic carbocycles. The summed E-state index contributed by atoms with van der Waals surface area (Å²) in [6.07, 6.45) is 2.76. The topological polar surface area (TPSA) is 53.1 Å². The third kappa shape index (κ3) is 2.01. The molecule has 1 unspecified atom stereocenters. The Morgan fingerprint density at radius 2 is 2.38 bits per heavy atom. The number of methoxy groups -OCH3 is 1. The average molecular weight is 183 g/mol. The van der Waals surface area contributed by atoms with E-state index in [1.807, 2.05) is 11.6 Å². The molecule has 1 heterocycles. The first-order valence-electron chi connectivity index (χ1n) is 4.56. The van der Waals surface area contributed by atoms with Crippen LogP contribution in [0.25, 0.3) is 0 Å². The van der Waals surface area contributed by atoms with Gasteiger partial charge in [0.05, 0.1) is 19.0 Å². The van der Waals surface area contributed by atoms with Gasteiger partial charge in [-0.3, -0.25) is 4.68 Å². The fraction of sp³-hybridized carbons (Fsp3) is 0.667. The molecule has 0 radical (unpaired) electrons. The number of hydrogen-bond donors (Lipinski definition) is 1. The van der Waals surface area contributed by atoms with Crippen molar-refractivity contribution in [1.29, 1.82) is 0 Å². The predicted octanol–water partition coefficient (Wildman–Crippen LogP) is 1.32. The van der Waals surface area contributed by atoms with Gasteiger partial charge in [-0.05, 0) is 13.3 Å². The van der Waals surface area contributed by atoms with Crippen molar-refractivity contribution in [1.82, 2.24) is 9.78 Å². The summed E-state index contributed by atoms with van der Waals surface area (Å²) >= 11 is 0. The molecule has 0 aliphatic heterocycles. The van der Waals surface area contributed by atoms with Gasteiger partial charge in [0, 0.05) is 12.6 Å². The lowest BCUT2D eigenvalue weighted by atomic mass is 10.2. The Kier molecular flexibility index (Phi) is 3.31. The lowest BCUT2D eigenvalue weighted by Gasteiger charge is -2.10. The minimum absolute atomic E-state index is 0.0380. The Balaban J connectivity index is 2.99. The van der Waals surface area contributed by atoms with E-state index in [1.165, 1.54) is 0 Å². The molecular weight excluding hydrogens is 166 g/mol. The van der Waals surface area contributed by atoms with E-state index in [4.69, 9.17) is 10.5 Å². The quantitative estimate of drug-likeness (QED) is 0.766. The van der Waals surface area contributed by atoms with Gasteiger partial charge in [-0.2, -0.15) is 5.10 Å². The fourth-order valence-electron chi connectivity index (χ4n) is 1.38. The molecule has 74 valence electrons. The van der Waals surface area contributed by atoms with Crippen molar-refractivity contribution >= 4 is 0 Å². The van der Waals surface area contributed by atoms with Crippen LogP contribution in [-0.2, 0) is 6.54 Å². The maximum absolute atomic E-state index is 5.82. The van der Waals surface area contributed by atoms with Crippen LogP contribution in [0.15, 0.2) is 6.20 Å². The van der Waals surface area contributed by atoms with E-state index in [2.05, 4.69) is 12.0 Å². The maximum atomic E-state index is 5.82. The molecule has 13 heavy (non-hydrogen) atoms. The normalized spacial score (nSPS) is 12.9. The standard InChI is InChI=1S/C9H17N3O/c1-4-5-12-9(7(2)10)8(13-3)6-11-12/h6-7H,4-5,10H2,1-3H3. The maximum Gasteiger partial charge on any atom is 0.161 e. The number of hydrogen-bond acceptors (Lipinski definition) is 3. The molecule has 0 saturated heterocycles. The highest BCUT2D eigenvalue weighted by Crippen LogP contribution is 2.22. The van der Waals surface area contributed by atoms with Gasteiger partial charge >= 0.3 is 0 Å². The molecule has 0 aromatic carbocycles. The van der Waals surface area contributed by atoms with Crippen LogP contribution in [-0.4, -0.2) is 16.9 Å². The average Bonchev–Trinajstić information content (AvgIpc) is 2.48. The number of aryl methyl sites for hydroxylation is 1. The molecule has 1 aromatic rings. The summed E-state index contributed by atoms with van der Waals surface area (Å²) in [7, 11) is 1.64. The first kappa shape index (κ1) is 10.1. The van der Waals surface area contributed by atoms with E-state index in [-0.39, 0.29) is 6.04 Å². The van der Waals surface area contributed by atoms with Crippen LogP contribution in [0.3, 0.4) is 0 Å². The van der Waals surface area contributed by atoms with Crippen molar-refractivity contribution in [3.8, 4) is 5.75 Å². The molecule has 1 rings (SSSR count). The van der Waals surface area contributed by atoms with Crippen LogP contribution in [0, 0.1) is 0 Å². The van der Waals surface area contributed by atoms with Crippen molar-refractivity contribution in [2.75, 3.05) is 7.11 Å². The number of nitrogens with zero attached hydrogens (tertiary/aromatic N) is 2. The molecule has 0 bridgehead atoms. The van der Waals surface area contributed by atoms with Crippen LogP contribution in [0.1, 0.15) is 32.0 Å². The summed E-state index contributed by atoms with van der Waals surface area (Å²) in [6, 6.07) is -0.0380. The van der Waals surface area contributed by atoms with Gasteiger partial charge in [-0.1, -0.05) is 6.92 Å². The second-order valence-electron chi connectivity index (χ2n) is 3.11. The van der Waals surface area contributed by atoms with E-state index >= 15 is 0 Å². The van der Waals surface area contributed by atoms with Crippen LogP contribution in [0.4, 0.5) is 0 Å². The van der Waals surface area contributed by atoms with Crippen LogP contribution in [0.2, 0.25) is 0 Å². The monoisotopic (exact) mass is 183 g/mol. The highest BCUT2D eigenvalue weighted by molar-refractivity contribution is 5.27. The van der Waals surface area contributed by atoms with Crippen LogP contribution in [0.5, 0.6) is 5.75 Å². The minimum atomic E-state index is -0.0380. The Labute approximate surface area is 78.7 Å². The Bertz CT molecular complexity index is 268. The lowest BCUT2D eigenvalue weighted by molar-refractivity contribution is 0.402. The second kappa shape index (κ2) is 4.28. The SMILES string of the molecule is CCCn1ncc(OC)c1C(C)N. The van der Waals surface area contributed by atoms with Gasteiger partial charge in [0.25, 0.3) is 0 Å². The Hall–Kier alpha value is -1.03. The zero-order valence-electron chi connectivity index (χ0n) is 8.45. The van der Waals surface area contributed by atoms with Gasteiger partial charge in [0.1, 0.15) is 0 Å². The first-order valence-corrected chi connectivity index (χ1v) is 4.56. The van der Waals surface area contributed by atoms with E-state index in [9.17, 15) is 0 Å². The van der Waals surface area contributed by atoms with Gasteiger partial charge in [-0.15, -0.1) is 0 Å². The molecule has 0 saturated carbocycles. The zero-order valence-corrected chi connectivity index (χ0v) is 8.45. The summed E-state index contributed by atoms with van der Waals surface area (Å²) in [5, 5.41) is 4.21. The second-order valence-corrected chi connectivity index (χ2v) is 3.11. The van der Waals surface area contributed by atoms with E-state index in [0.717, 1.165) is 24.4 Å². The summed E-state index contributed by atoms with van der Waals surface area (Å²) in [6.45, 7) is 4.94. The van der Waals surface area contributed by atoms with Gasteiger partial charge < -0.3 is 10.5 Å². The molecule has 2 N–H and O–H groups in total. The predicted molar refractivity (Wildman–Crippen MR) is 51.7 cm³/mol. The molecule has 0 aliphatic rings. The minimum Gasteiger partial charge on any atom is -0.493 e. The van der Waals surface area contributed by atoms with Gasteiger partial charge in [0.2, 0.25) is 0 Å². The Morgan fingerprint density at radius 1 is 1.69 bits per heavy atom. The summed E-state index contributed by atoms with van der Waals surface area (Å²) in [5.74, 6) is 0.781. The van der Waals surface area contributed by atoms with Gasteiger partial charge in [-0.25, -0.2) is 0 Å². The molecule has 1 aromatic heterocycles. The lowest BCUT2D eigenvalue weighted by Crippen LogP contribution is -2.14. The molecule has 0 spiro atoms. The summed E-state index contributed by atoms with van der Waals surface area (Å²) < 4.78 is 7.08. The zero-order chi connectivity index (χ0) is 9.84. The molecule has 0 amide bonds. The van der Waals surface area contributed by atoms with E-state index in [1.54, 1.807) is 13.3 Å². The fourth-order valence-corrected chi connectivity index (χ4v) is 1.38. The third-order valence-corrected chi connectivity index (χ3v) is 1.93. The first-order chi connectivity index (χ1) is 6.20. The highest BCUT2D eigenvalue weighted by atomic mass is 16.5. The molecular formula is C9H17N3O. The third-order valence-electron chi connectivity index (χ3n) is 1.93. The van der Waals surface area contributed by atoms with Crippen molar-refractivity contribution in [2.45, 2.75) is 32.9 Å². The largest absolute Gasteiger partial charge is 0.493 e. The Morgan fingerprint density at radius 3 is 2.85 bits per heavy atom. The van der Waals surface area contributed by atoms with Gasteiger partial charge in [0.15, 0.2) is 5.75 Å². The number of aromatic nitrogens is 2. The van der Waals surface area contributed by atoms with Crippen molar-refractivity contribution in [3.05, 3.63) is 11.9 Å². The molecule has 4 nitrogen and oxygen atoms in total. The smallest absolute Gasteiger partial charge is 0.161 e. The molecule has 1 atom stereocenters.